The highest BCUT2D eigenvalue weighted by Crippen LogP contribution is 2.18. The molecular weight excluding hydrogens is 212 g/mol. The Kier molecular flexibility index (Phi) is 3.04. The van der Waals surface area contributed by atoms with Crippen molar-refractivity contribution >= 4 is 29.0 Å². The van der Waals surface area contributed by atoms with Gasteiger partial charge in [0.25, 0.3) is 0 Å². The van der Waals surface area contributed by atoms with Crippen LogP contribution in [0.4, 0.5) is 0 Å². The van der Waals surface area contributed by atoms with Crippen LogP contribution in [0.25, 0.3) is 10.9 Å². The van der Waals surface area contributed by atoms with E-state index in [1.165, 1.54) is 0 Å². The molecule has 3 nitrogen and oxygen atoms in total. The molecule has 0 saturated carbocycles. The predicted octanol–water partition coefficient (Wildman–Crippen LogP) is 1.93. The van der Waals surface area contributed by atoms with Crippen LogP contribution in [0.1, 0.15) is 5.56 Å². The van der Waals surface area contributed by atoms with Gasteiger partial charge in [-0.25, -0.2) is 4.84 Å². The van der Waals surface area contributed by atoms with E-state index in [1.807, 2.05) is 36.7 Å². The lowest BCUT2D eigenvalue weighted by Crippen LogP contribution is -2.24. The molecule has 0 aliphatic rings. The number of H-pyrrole nitrogens is 1. The number of aromatic amines is 1. The molecule has 1 unspecified atom stereocenters. The molecule has 77 valence electrons. The second-order valence-corrected chi connectivity index (χ2v) is 3.56. The Bertz CT molecular complexity index is 466. The topological polar surface area (TPSA) is 44.9 Å². The van der Waals surface area contributed by atoms with Crippen LogP contribution in [0.2, 0.25) is 0 Å². The molecule has 0 aliphatic heterocycles. The molecule has 0 fully saturated rings. The zero-order valence-electron chi connectivity index (χ0n) is 7.96. The summed E-state index contributed by atoms with van der Waals surface area (Å²) in [5.74, 6) is 0. The Labute approximate surface area is 92.5 Å². The Morgan fingerprint density at radius 3 is 3.00 bits per heavy atom. The molecule has 15 heavy (non-hydrogen) atoms. The average Bonchev–Trinajstić information content (AvgIpc) is 2.69. The molecule has 0 aliphatic carbocycles. The summed E-state index contributed by atoms with van der Waals surface area (Å²) in [6, 6.07) is 7.47. The summed E-state index contributed by atoms with van der Waals surface area (Å²) < 4.78 is 0. The maximum Gasteiger partial charge on any atom is 0.218 e. The van der Waals surface area contributed by atoms with Crippen LogP contribution >= 0.6 is 11.8 Å². The molecule has 1 atom stereocenters. The predicted molar refractivity (Wildman–Crippen MR) is 60.5 cm³/mol. The zero-order valence-corrected chi connectivity index (χ0v) is 8.71. The number of nitrogens with one attached hydrogen (secondary N) is 2. The Hall–Kier alpha value is -1.32. The van der Waals surface area contributed by atoms with Crippen molar-refractivity contribution in [2.45, 2.75) is 12.5 Å². The van der Waals surface area contributed by atoms with Crippen LogP contribution < -0.4 is 4.84 Å². The number of halogens is 1. The van der Waals surface area contributed by atoms with Gasteiger partial charge in [0, 0.05) is 17.1 Å². The normalized spacial score (nSPS) is 12.9. The molecule has 0 saturated heterocycles. The second kappa shape index (κ2) is 4.47. The third-order valence-corrected chi connectivity index (χ3v) is 2.64. The van der Waals surface area contributed by atoms with E-state index in [0.717, 1.165) is 16.5 Å². The molecule has 2 rings (SSSR count). The number of hydrogen-bond donors (Lipinski definition) is 2. The SMILES string of the molecule is O=[C]C(Cc1c[nH]c2ccccc12)NCl. The maximum absolute atomic E-state index is 10.5. The van der Waals surface area contributed by atoms with Crippen LogP contribution in [-0.2, 0) is 11.2 Å². The molecule has 4 heteroatoms. The summed E-state index contributed by atoms with van der Waals surface area (Å²) in [6.45, 7) is 0. The van der Waals surface area contributed by atoms with Gasteiger partial charge in [-0.1, -0.05) is 18.2 Å². The van der Waals surface area contributed by atoms with Gasteiger partial charge in [0.15, 0.2) is 0 Å². The van der Waals surface area contributed by atoms with Crippen LogP contribution in [0.5, 0.6) is 0 Å². The van der Waals surface area contributed by atoms with Gasteiger partial charge in [-0.3, -0.25) is 4.79 Å². The van der Waals surface area contributed by atoms with Crippen molar-refractivity contribution < 1.29 is 4.79 Å². The lowest BCUT2D eigenvalue weighted by Gasteiger charge is -2.04. The molecule has 0 spiro atoms. The minimum atomic E-state index is -0.467. The van der Waals surface area contributed by atoms with Gasteiger partial charge in [-0.2, -0.15) is 0 Å². The van der Waals surface area contributed by atoms with E-state index in [-0.39, 0.29) is 0 Å². The molecule has 1 radical (unpaired) electrons. The summed E-state index contributed by atoms with van der Waals surface area (Å²) in [4.78, 5) is 16.0. The standard InChI is InChI=1S/C11H10ClN2O/c12-14-9(7-15)5-8-6-13-11-4-2-1-3-10(8)11/h1-4,6,9,13-14H,5H2. The summed E-state index contributed by atoms with van der Waals surface area (Å²) in [5, 5.41) is 1.12. The van der Waals surface area contributed by atoms with Crippen LogP contribution in [-0.4, -0.2) is 17.3 Å². The first kappa shape index (κ1) is 10.2. The summed E-state index contributed by atoms with van der Waals surface area (Å²) in [5.41, 5.74) is 2.12. The Morgan fingerprint density at radius 1 is 1.47 bits per heavy atom. The first-order chi connectivity index (χ1) is 7.35. The van der Waals surface area contributed by atoms with E-state index in [9.17, 15) is 4.79 Å². The molecule has 0 bridgehead atoms. The fourth-order valence-corrected chi connectivity index (χ4v) is 1.74. The third-order valence-electron chi connectivity index (χ3n) is 2.37. The fraction of sp³-hybridized carbons (Fsp3) is 0.182. The molecule has 1 heterocycles. The summed E-state index contributed by atoms with van der Waals surface area (Å²) in [6.07, 6.45) is 4.28. The number of aromatic nitrogens is 1. The number of hydrogen-bond acceptors (Lipinski definition) is 2. The molecule has 2 N–H and O–H groups in total. The van der Waals surface area contributed by atoms with Gasteiger partial charge in [0.2, 0.25) is 6.29 Å². The van der Waals surface area contributed by atoms with Crippen LogP contribution in [0.3, 0.4) is 0 Å². The lowest BCUT2D eigenvalue weighted by molar-refractivity contribution is 0.536. The maximum atomic E-state index is 10.5. The van der Waals surface area contributed by atoms with Crippen molar-refractivity contribution in [3.05, 3.63) is 36.0 Å². The zero-order chi connectivity index (χ0) is 10.7. The van der Waals surface area contributed by atoms with Crippen molar-refractivity contribution in [3.63, 3.8) is 0 Å². The van der Waals surface area contributed by atoms with E-state index in [1.54, 1.807) is 0 Å². The molecule has 1 aromatic carbocycles. The first-order valence-electron chi connectivity index (χ1n) is 4.64. The van der Waals surface area contributed by atoms with E-state index < -0.39 is 6.04 Å². The van der Waals surface area contributed by atoms with Gasteiger partial charge in [0.1, 0.15) is 0 Å². The van der Waals surface area contributed by atoms with Gasteiger partial charge in [-0.05, 0) is 29.8 Å². The van der Waals surface area contributed by atoms with Gasteiger partial charge in [-0.15, -0.1) is 0 Å². The number of benzene rings is 1. The Morgan fingerprint density at radius 2 is 2.27 bits per heavy atom. The van der Waals surface area contributed by atoms with Crippen molar-refractivity contribution in [1.82, 2.24) is 9.82 Å². The van der Waals surface area contributed by atoms with Crippen molar-refractivity contribution in [2.24, 2.45) is 0 Å². The molecular formula is C11H10ClN2O. The highest BCUT2D eigenvalue weighted by molar-refractivity contribution is 6.14. The van der Waals surface area contributed by atoms with Crippen LogP contribution in [0.15, 0.2) is 30.5 Å². The lowest BCUT2D eigenvalue weighted by atomic mass is 10.1. The average molecular weight is 222 g/mol. The quantitative estimate of drug-likeness (QED) is 0.775. The van der Waals surface area contributed by atoms with Gasteiger partial charge >= 0.3 is 0 Å². The highest BCUT2D eigenvalue weighted by Gasteiger charge is 2.10. The molecule has 2 aromatic rings. The third kappa shape index (κ3) is 2.03. The molecule has 1 aromatic heterocycles. The van der Waals surface area contributed by atoms with Crippen molar-refractivity contribution in [1.29, 1.82) is 0 Å². The number of fused-ring (bicyclic) bond motifs is 1. The largest absolute Gasteiger partial charge is 0.361 e. The summed E-state index contributed by atoms with van der Waals surface area (Å²) in [7, 11) is 0. The van der Waals surface area contributed by atoms with E-state index in [0.29, 0.717) is 6.42 Å². The van der Waals surface area contributed by atoms with Gasteiger partial charge < -0.3 is 4.98 Å². The minimum absolute atomic E-state index is 0.467. The van der Waals surface area contributed by atoms with Crippen molar-refractivity contribution in [2.75, 3.05) is 0 Å². The summed E-state index contributed by atoms with van der Waals surface area (Å²) >= 11 is 5.41. The van der Waals surface area contributed by atoms with Crippen LogP contribution in [0, 0.1) is 0 Å². The highest BCUT2D eigenvalue weighted by atomic mass is 35.5. The number of rotatable bonds is 4. The first-order valence-corrected chi connectivity index (χ1v) is 5.01. The van der Waals surface area contributed by atoms with Gasteiger partial charge in [0.05, 0.1) is 6.04 Å². The van der Waals surface area contributed by atoms with E-state index in [4.69, 9.17) is 11.8 Å². The van der Waals surface area contributed by atoms with Crippen molar-refractivity contribution in [3.8, 4) is 0 Å². The number of para-hydroxylation sites is 1. The smallest absolute Gasteiger partial charge is 0.218 e. The van der Waals surface area contributed by atoms with E-state index >= 15 is 0 Å². The second-order valence-electron chi connectivity index (χ2n) is 3.34. The number of carbonyl (C=O) groups excluding carboxylic acids is 1. The Balaban J connectivity index is 2.32. The molecule has 0 amide bonds. The fourth-order valence-electron chi connectivity index (χ4n) is 1.62. The monoisotopic (exact) mass is 221 g/mol. The minimum Gasteiger partial charge on any atom is -0.361 e. The van der Waals surface area contributed by atoms with E-state index in [2.05, 4.69) is 9.82 Å².